The minimum Gasteiger partial charge on any atom is -0.394 e. The lowest BCUT2D eigenvalue weighted by molar-refractivity contribution is -0.123. The van der Waals surface area contributed by atoms with Crippen molar-refractivity contribution in [1.82, 2.24) is 0 Å². The smallest absolute Gasteiger partial charge is 0.111 e. The van der Waals surface area contributed by atoms with Crippen molar-refractivity contribution in [2.24, 2.45) is 0 Å². The predicted molar refractivity (Wildman–Crippen MR) is 137 cm³/mol. The molecule has 0 aromatic heterocycles. The standard InChI is InChI=1S/C8H8.C6H14O6.C3H3N.C3H8O3.C3H6O.C2H4O/c1-2-8-6-4-3-5-7-8;7-1-3(9)5(11)6(12)4(10)2-8;1-2-3-4;4-1-3(6)2-5;1-3-2-4-3;1-2-3-1/h2-7H,1H2;3-12H,1-2H2;2H,1H2;3-6H,1-2H2;3H,2H2,1H3;1-2H2/t;3-,4+,5-,6-;;;;/m.1..../s1. The van der Waals surface area contributed by atoms with Crippen LogP contribution in [0.5, 0.6) is 0 Å². The first-order valence-electron chi connectivity index (χ1n) is 11.3. The Morgan fingerprint density at radius 3 is 1.38 bits per heavy atom. The summed E-state index contributed by atoms with van der Waals surface area (Å²) in [5, 5.41) is 83.7. The number of rotatable bonds is 8. The average molecular weight is 534 g/mol. The van der Waals surface area contributed by atoms with Crippen molar-refractivity contribution >= 4 is 6.08 Å². The van der Waals surface area contributed by atoms with Crippen molar-refractivity contribution in [2.75, 3.05) is 46.2 Å². The summed E-state index contributed by atoms with van der Waals surface area (Å²) in [5.74, 6) is 0. The van der Waals surface area contributed by atoms with Crippen LogP contribution in [0.3, 0.4) is 0 Å². The Balaban J connectivity index is -0.000000400. The lowest BCUT2D eigenvalue weighted by Gasteiger charge is -2.24. The van der Waals surface area contributed by atoms with Crippen LogP contribution in [0, 0.1) is 11.3 Å². The Bertz CT molecular complexity index is 646. The molecule has 214 valence electrons. The molecule has 0 saturated carbocycles. The zero-order valence-corrected chi connectivity index (χ0v) is 21.2. The van der Waals surface area contributed by atoms with Crippen LogP contribution >= 0.6 is 0 Å². The van der Waals surface area contributed by atoms with Gasteiger partial charge in [0.2, 0.25) is 0 Å². The first kappa shape index (κ1) is 39.3. The van der Waals surface area contributed by atoms with Gasteiger partial charge in [-0.1, -0.05) is 49.6 Å². The molecule has 9 N–H and O–H groups in total. The summed E-state index contributed by atoms with van der Waals surface area (Å²) in [6.07, 6.45) is -3.75. The number of ether oxygens (including phenoxy) is 2. The maximum Gasteiger partial charge on any atom is 0.111 e. The molecule has 12 heteroatoms. The normalized spacial score (nSPS) is 17.1. The van der Waals surface area contributed by atoms with E-state index >= 15 is 0 Å². The summed E-state index contributed by atoms with van der Waals surface area (Å²) in [6.45, 7) is 9.61. The molecule has 0 bridgehead atoms. The largest absolute Gasteiger partial charge is 0.394 e. The average Bonchev–Trinajstić information content (AvgIpc) is 3.89. The van der Waals surface area contributed by atoms with E-state index in [-0.39, 0.29) is 13.2 Å². The zero-order chi connectivity index (χ0) is 29.1. The van der Waals surface area contributed by atoms with Crippen LogP contribution in [0.2, 0.25) is 0 Å². The van der Waals surface area contributed by atoms with E-state index in [2.05, 4.69) is 24.8 Å². The maximum atomic E-state index is 8.96. The number of aliphatic hydroxyl groups is 9. The van der Waals surface area contributed by atoms with Crippen molar-refractivity contribution in [1.29, 1.82) is 5.26 Å². The molecule has 2 aliphatic heterocycles. The third-order valence-electron chi connectivity index (χ3n) is 3.76. The van der Waals surface area contributed by atoms with E-state index in [0.29, 0.717) is 6.10 Å². The Morgan fingerprint density at radius 1 is 0.892 bits per heavy atom. The number of allylic oxidation sites excluding steroid dienone is 1. The molecule has 12 nitrogen and oxygen atoms in total. The number of epoxide rings is 2. The molecule has 2 saturated heterocycles. The number of hydrogen-bond acceptors (Lipinski definition) is 12. The third-order valence-corrected chi connectivity index (χ3v) is 3.76. The van der Waals surface area contributed by atoms with E-state index < -0.39 is 43.7 Å². The molecule has 1 unspecified atom stereocenters. The molecule has 5 atom stereocenters. The SMILES string of the molecule is C1CO1.C=CC#N.C=Cc1ccccc1.CC1CO1.OCC(O)CO.OC[C@@H](O)[C@@H](O)[C@H](O)[C@@H](O)CO. The van der Waals surface area contributed by atoms with E-state index in [4.69, 9.17) is 56.0 Å². The van der Waals surface area contributed by atoms with Crippen LogP contribution in [0.1, 0.15) is 12.5 Å². The second kappa shape index (κ2) is 28.3. The molecule has 0 aliphatic carbocycles. The Labute approximate surface area is 218 Å². The zero-order valence-electron chi connectivity index (χ0n) is 21.2. The fraction of sp³-hybridized carbons (Fsp3) is 0.560. The van der Waals surface area contributed by atoms with E-state index in [0.717, 1.165) is 19.8 Å². The van der Waals surface area contributed by atoms with Gasteiger partial charge in [0.15, 0.2) is 0 Å². The molecule has 37 heavy (non-hydrogen) atoms. The van der Waals surface area contributed by atoms with Gasteiger partial charge in [-0.2, -0.15) is 5.26 Å². The molecule has 0 amide bonds. The van der Waals surface area contributed by atoms with E-state index in [9.17, 15) is 0 Å². The van der Waals surface area contributed by atoms with Gasteiger partial charge in [-0.3, -0.25) is 0 Å². The summed E-state index contributed by atoms with van der Waals surface area (Å²) in [5.41, 5.74) is 1.17. The third kappa shape index (κ3) is 31.7. The van der Waals surface area contributed by atoms with Crippen molar-refractivity contribution in [3.8, 4) is 6.07 Å². The second-order valence-electron chi connectivity index (χ2n) is 7.20. The number of benzene rings is 1. The van der Waals surface area contributed by atoms with E-state index in [1.807, 2.05) is 36.4 Å². The second-order valence-corrected chi connectivity index (χ2v) is 7.20. The number of aliphatic hydroxyl groups excluding tert-OH is 9. The van der Waals surface area contributed by atoms with Gasteiger partial charge in [0.05, 0.1) is 58.4 Å². The highest BCUT2D eigenvalue weighted by atomic mass is 16.6. The fourth-order valence-electron chi connectivity index (χ4n) is 1.41. The van der Waals surface area contributed by atoms with Gasteiger partial charge in [-0.25, -0.2) is 0 Å². The summed E-state index contributed by atoms with van der Waals surface area (Å²) >= 11 is 0. The van der Waals surface area contributed by atoms with Gasteiger partial charge in [0.1, 0.15) is 30.5 Å². The van der Waals surface area contributed by atoms with Gasteiger partial charge in [0.25, 0.3) is 0 Å². The first-order valence-corrected chi connectivity index (χ1v) is 11.3. The monoisotopic (exact) mass is 533 g/mol. The van der Waals surface area contributed by atoms with E-state index in [1.54, 1.807) is 6.07 Å². The van der Waals surface area contributed by atoms with Crippen molar-refractivity contribution in [3.05, 3.63) is 55.1 Å². The molecular weight excluding hydrogens is 490 g/mol. The maximum absolute atomic E-state index is 8.96. The molecule has 1 aromatic carbocycles. The molecule has 2 fully saturated rings. The van der Waals surface area contributed by atoms with Crippen LogP contribution in [0.25, 0.3) is 6.08 Å². The van der Waals surface area contributed by atoms with Gasteiger partial charge < -0.3 is 55.4 Å². The molecule has 3 rings (SSSR count). The number of nitrogens with zero attached hydrogens (tertiary/aromatic N) is 1. The van der Waals surface area contributed by atoms with Crippen LogP contribution < -0.4 is 0 Å². The highest BCUT2D eigenvalue weighted by Gasteiger charge is 2.29. The summed E-state index contributed by atoms with van der Waals surface area (Å²) in [6, 6.07) is 11.7. The highest BCUT2D eigenvalue weighted by Crippen LogP contribution is 2.04. The van der Waals surface area contributed by atoms with Gasteiger partial charge in [0, 0.05) is 6.08 Å². The molecule has 1 aromatic rings. The van der Waals surface area contributed by atoms with E-state index in [1.165, 1.54) is 11.6 Å². The number of hydrogen-bond donors (Lipinski definition) is 9. The molecule has 0 radical (unpaired) electrons. The topological polar surface area (TPSA) is 231 Å². The van der Waals surface area contributed by atoms with Crippen LogP contribution in [-0.4, -0.2) is 129 Å². The molecule has 2 heterocycles. The lowest BCUT2D eigenvalue weighted by atomic mass is 10.0. The first-order chi connectivity index (χ1) is 17.6. The van der Waals surface area contributed by atoms with Crippen LogP contribution in [0.15, 0.2) is 49.6 Å². The fourth-order valence-corrected chi connectivity index (χ4v) is 1.41. The number of nitriles is 1. The molecule has 0 spiro atoms. The predicted octanol–water partition coefficient (Wildman–Crippen LogP) is -1.81. The lowest BCUT2D eigenvalue weighted by Crippen LogP contribution is -2.46. The van der Waals surface area contributed by atoms with Gasteiger partial charge >= 0.3 is 0 Å². The van der Waals surface area contributed by atoms with Crippen LogP contribution in [-0.2, 0) is 9.47 Å². The van der Waals surface area contributed by atoms with Crippen molar-refractivity contribution in [3.63, 3.8) is 0 Å². The van der Waals surface area contributed by atoms with Crippen molar-refractivity contribution in [2.45, 2.75) is 43.5 Å². The minimum atomic E-state index is -1.67. The molecular formula is C25H43NO11. The van der Waals surface area contributed by atoms with Crippen LogP contribution in [0.4, 0.5) is 0 Å². The quantitative estimate of drug-likeness (QED) is 0.133. The Morgan fingerprint density at radius 2 is 1.24 bits per heavy atom. The van der Waals surface area contributed by atoms with Gasteiger partial charge in [-0.05, 0) is 12.5 Å². The summed E-state index contributed by atoms with van der Waals surface area (Å²) in [4.78, 5) is 0. The molecule has 2 aliphatic rings. The van der Waals surface area contributed by atoms with Gasteiger partial charge in [-0.15, -0.1) is 0 Å². The Hall–Kier alpha value is -2.25. The summed E-state index contributed by atoms with van der Waals surface area (Å²) < 4.78 is 9.21. The Kier molecular flexibility index (Phi) is 30.1. The highest BCUT2D eigenvalue weighted by molar-refractivity contribution is 5.45. The van der Waals surface area contributed by atoms with Crippen molar-refractivity contribution < 1.29 is 55.4 Å². The summed E-state index contributed by atoms with van der Waals surface area (Å²) in [7, 11) is 0. The minimum absolute atomic E-state index is 0.365.